The summed E-state index contributed by atoms with van der Waals surface area (Å²) in [5.41, 5.74) is 6.56. The summed E-state index contributed by atoms with van der Waals surface area (Å²) in [4.78, 5) is 12.5. The molecule has 0 saturated heterocycles. The molecule has 106 valence electrons. The molecule has 1 aromatic rings. The Kier molecular flexibility index (Phi) is 5.35. The Hall–Kier alpha value is -1.56. The van der Waals surface area contributed by atoms with Crippen LogP contribution in [0.4, 0.5) is 13.2 Å². The molecule has 1 amide bonds. The normalized spacial score (nSPS) is 13.1. The van der Waals surface area contributed by atoms with Crippen LogP contribution in [-0.2, 0) is 4.79 Å². The van der Waals surface area contributed by atoms with Gasteiger partial charge < -0.3 is 10.6 Å². The summed E-state index contributed by atoms with van der Waals surface area (Å²) < 4.78 is 36.9. The third-order valence-corrected chi connectivity index (χ3v) is 2.73. The fourth-order valence-electron chi connectivity index (χ4n) is 1.73. The Morgan fingerprint density at radius 1 is 1.32 bits per heavy atom. The molecule has 1 aromatic carbocycles. The quantitative estimate of drug-likeness (QED) is 0.896. The molecule has 1 unspecified atom stereocenters. The van der Waals surface area contributed by atoms with Gasteiger partial charge in [-0.25, -0.2) is 0 Å². The van der Waals surface area contributed by atoms with Crippen LogP contribution in [0.3, 0.4) is 0 Å². The van der Waals surface area contributed by atoms with Crippen LogP contribution in [0, 0.1) is 0 Å². The first-order valence-electron chi connectivity index (χ1n) is 5.98. The van der Waals surface area contributed by atoms with Crippen LogP contribution in [0.2, 0.25) is 0 Å². The standard InChI is InChI=1S/C13H17F3N2O/c1-2-18(9-13(14,15)16)12(19)8-11(17)10-6-4-3-5-7-10/h3-7,11H,2,8-9,17H2,1H3. The number of amides is 1. The van der Waals surface area contributed by atoms with Gasteiger partial charge in [-0.05, 0) is 12.5 Å². The number of hydrogen-bond acceptors (Lipinski definition) is 2. The molecule has 0 spiro atoms. The van der Waals surface area contributed by atoms with E-state index in [0.29, 0.717) is 0 Å². The van der Waals surface area contributed by atoms with Crippen LogP contribution >= 0.6 is 0 Å². The van der Waals surface area contributed by atoms with Gasteiger partial charge in [0.15, 0.2) is 0 Å². The minimum absolute atomic E-state index is 0.0137. The highest BCUT2D eigenvalue weighted by Crippen LogP contribution is 2.19. The first-order chi connectivity index (χ1) is 8.83. The molecule has 0 aliphatic heterocycles. The molecule has 19 heavy (non-hydrogen) atoms. The first kappa shape index (κ1) is 15.5. The number of nitrogens with two attached hydrogens (primary N) is 1. The molecule has 3 nitrogen and oxygen atoms in total. The number of carbonyl (C=O) groups excluding carboxylic acids is 1. The van der Waals surface area contributed by atoms with Crippen molar-refractivity contribution in [1.29, 1.82) is 0 Å². The molecule has 0 bridgehead atoms. The van der Waals surface area contributed by atoms with E-state index in [1.54, 1.807) is 30.3 Å². The summed E-state index contributed by atoms with van der Waals surface area (Å²) in [6, 6.07) is 8.26. The molecule has 1 rings (SSSR count). The van der Waals surface area contributed by atoms with Gasteiger partial charge >= 0.3 is 6.18 Å². The molecular formula is C13H17F3N2O. The van der Waals surface area contributed by atoms with Gasteiger partial charge in [-0.3, -0.25) is 4.79 Å². The van der Waals surface area contributed by atoms with Crippen molar-refractivity contribution in [2.24, 2.45) is 5.73 Å². The highest BCUT2D eigenvalue weighted by molar-refractivity contribution is 5.77. The van der Waals surface area contributed by atoms with Gasteiger partial charge in [0, 0.05) is 19.0 Å². The van der Waals surface area contributed by atoms with Gasteiger partial charge in [0.25, 0.3) is 0 Å². The van der Waals surface area contributed by atoms with Crippen LogP contribution in [-0.4, -0.2) is 30.1 Å². The number of nitrogens with zero attached hydrogens (tertiary/aromatic N) is 1. The highest BCUT2D eigenvalue weighted by Gasteiger charge is 2.32. The van der Waals surface area contributed by atoms with E-state index >= 15 is 0 Å². The Morgan fingerprint density at radius 2 is 1.89 bits per heavy atom. The van der Waals surface area contributed by atoms with Gasteiger partial charge in [-0.15, -0.1) is 0 Å². The average molecular weight is 274 g/mol. The zero-order valence-electron chi connectivity index (χ0n) is 10.7. The van der Waals surface area contributed by atoms with E-state index in [1.165, 1.54) is 6.92 Å². The summed E-state index contributed by atoms with van der Waals surface area (Å²) in [7, 11) is 0. The number of alkyl halides is 3. The zero-order chi connectivity index (χ0) is 14.5. The molecule has 0 aliphatic rings. The molecule has 0 fully saturated rings. The summed E-state index contributed by atoms with van der Waals surface area (Å²) in [6.07, 6.45) is -4.52. The third kappa shape index (κ3) is 5.30. The minimum Gasteiger partial charge on any atom is -0.334 e. The predicted molar refractivity (Wildman–Crippen MR) is 66.3 cm³/mol. The predicted octanol–water partition coefficient (Wildman–Crippen LogP) is 2.49. The molecule has 0 aromatic heterocycles. The molecular weight excluding hydrogens is 257 g/mol. The molecule has 1 atom stereocenters. The number of benzene rings is 1. The molecule has 6 heteroatoms. The van der Waals surface area contributed by atoms with E-state index in [2.05, 4.69) is 0 Å². The van der Waals surface area contributed by atoms with Crippen molar-refractivity contribution in [3.63, 3.8) is 0 Å². The fraction of sp³-hybridized carbons (Fsp3) is 0.462. The zero-order valence-corrected chi connectivity index (χ0v) is 10.7. The summed E-state index contributed by atoms with van der Waals surface area (Å²) in [5.74, 6) is -0.587. The van der Waals surface area contributed by atoms with Crippen molar-refractivity contribution in [3.8, 4) is 0 Å². The largest absolute Gasteiger partial charge is 0.406 e. The number of carbonyl (C=O) groups is 1. The molecule has 0 saturated carbocycles. The van der Waals surface area contributed by atoms with E-state index in [9.17, 15) is 18.0 Å². The van der Waals surface area contributed by atoms with E-state index in [-0.39, 0.29) is 13.0 Å². The molecule has 2 N–H and O–H groups in total. The van der Waals surface area contributed by atoms with Crippen molar-refractivity contribution in [1.82, 2.24) is 4.90 Å². The second-order valence-electron chi connectivity index (χ2n) is 4.24. The second kappa shape index (κ2) is 6.56. The lowest BCUT2D eigenvalue weighted by atomic mass is 10.0. The smallest absolute Gasteiger partial charge is 0.334 e. The van der Waals surface area contributed by atoms with Gasteiger partial charge in [-0.2, -0.15) is 13.2 Å². The summed E-state index contributed by atoms with van der Waals surface area (Å²) in [6.45, 7) is 0.293. The van der Waals surface area contributed by atoms with Gasteiger partial charge in [0.05, 0.1) is 0 Å². The van der Waals surface area contributed by atoms with Crippen LogP contribution in [0.5, 0.6) is 0 Å². The van der Waals surface area contributed by atoms with Gasteiger partial charge in [-0.1, -0.05) is 30.3 Å². The molecule has 0 heterocycles. The number of rotatable bonds is 5. The molecule has 0 radical (unpaired) electrons. The lowest BCUT2D eigenvalue weighted by Gasteiger charge is -2.24. The Balaban J connectivity index is 2.62. The van der Waals surface area contributed by atoms with Gasteiger partial charge in [0.1, 0.15) is 6.54 Å². The van der Waals surface area contributed by atoms with E-state index in [4.69, 9.17) is 5.73 Å². The SMILES string of the molecule is CCN(CC(F)(F)F)C(=O)CC(N)c1ccccc1. The Bertz CT molecular complexity index is 406. The lowest BCUT2D eigenvalue weighted by Crippen LogP contribution is -2.39. The topological polar surface area (TPSA) is 46.3 Å². The first-order valence-corrected chi connectivity index (χ1v) is 5.98. The lowest BCUT2D eigenvalue weighted by molar-refractivity contribution is -0.161. The van der Waals surface area contributed by atoms with Crippen molar-refractivity contribution in [2.75, 3.05) is 13.1 Å². The van der Waals surface area contributed by atoms with Gasteiger partial charge in [0.2, 0.25) is 5.91 Å². The number of halogens is 3. The maximum atomic E-state index is 12.3. The van der Waals surface area contributed by atoms with Crippen LogP contribution in [0.15, 0.2) is 30.3 Å². The Labute approximate surface area is 110 Å². The minimum atomic E-state index is -4.39. The molecule has 0 aliphatic carbocycles. The second-order valence-corrected chi connectivity index (χ2v) is 4.24. The summed E-state index contributed by atoms with van der Waals surface area (Å²) in [5, 5.41) is 0. The van der Waals surface area contributed by atoms with Crippen molar-refractivity contribution in [3.05, 3.63) is 35.9 Å². The van der Waals surface area contributed by atoms with Crippen molar-refractivity contribution >= 4 is 5.91 Å². The Morgan fingerprint density at radius 3 is 2.37 bits per heavy atom. The third-order valence-electron chi connectivity index (χ3n) is 2.73. The van der Waals surface area contributed by atoms with Crippen LogP contribution in [0.25, 0.3) is 0 Å². The maximum Gasteiger partial charge on any atom is 0.406 e. The van der Waals surface area contributed by atoms with E-state index in [0.717, 1.165) is 10.5 Å². The van der Waals surface area contributed by atoms with Crippen molar-refractivity contribution < 1.29 is 18.0 Å². The monoisotopic (exact) mass is 274 g/mol. The summed E-state index contributed by atoms with van der Waals surface area (Å²) >= 11 is 0. The number of hydrogen-bond donors (Lipinski definition) is 1. The van der Waals surface area contributed by atoms with Crippen molar-refractivity contribution in [2.45, 2.75) is 25.6 Å². The van der Waals surface area contributed by atoms with E-state index < -0.39 is 24.7 Å². The maximum absolute atomic E-state index is 12.3. The van der Waals surface area contributed by atoms with Crippen LogP contribution in [0.1, 0.15) is 24.9 Å². The average Bonchev–Trinajstić information content (AvgIpc) is 2.35. The fourth-order valence-corrected chi connectivity index (χ4v) is 1.73. The van der Waals surface area contributed by atoms with E-state index in [1.807, 2.05) is 0 Å². The van der Waals surface area contributed by atoms with Crippen LogP contribution < -0.4 is 5.73 Å². The highest BCUT2D eigenvalue weighted by atomic mass is 19.4.